The third-order valence-corrected chi connectivity index (χ3v) is 3.91. The van der Waals surface area contributed by atoms with Crippen molar-refractivity contribution in [2.24, 2.45) is 22.2 Å². The zero-order chi connectivity index (χ0) is 19.0. The Morgan fingerprint density at radius 1 is 1.32 bits per heavy atom. The maximum absolute atomic E-state index is 12.4. The SMILES string of the molecule is NC(N)=NCCCC(NC(=O)C1CCCN1C(=O)C(N)CO)C(=O)O. The molecule has 0 aromatic heterocycles. The first-order chi connectivity index (χ1) is 11.8. The standard InChI is InChI=1S/C14H26N6O5/c15-8(7-21)12(23)20-6-2-4-10(20)11(22)19-9(13(24)25)3-1-5-18-14(16)17/h8-10,21H,1-7,15H2,(H,19,22)(H,24,25)(H4,16,17,18). The molecule has 0 aromatic carbocycles. The van der Waals surface area contributed by atoms with E-state index in [2.05, 4.69) is 10.3 Å². The van der Waals surface area contributed by atoms with E-state index < -0.39 is 42.5 Å². The van der Waals surface area contributed by atoms with Gasteiger partial charge in [-0.15, -0.1) is 0 Å². The number of aliphatic hydroxyl groups excluding tert-OH is 1. The number of carboxylic acids is 1. The lowest BCUT2D eigenvalue weighted by Crippen LogP contribution is -2.54. The second-order valence-corrected chi connectivity index (χ2v) is 5.83. The van der Waals surface area contributed by atoms with E-state index in [1.165, 1.54) is 4.90 Å². The summed E-state index contributed by atoms with van der Waals surface area (Å²) in [6.07, 6.45) is 1.53. The Morgan fingerprint density at radius 2 is 2.00 bits per heavy atom. The highest BCUT2D eigenvalue weighted by molar-refractivity contribution is 5.92. The Bertz CT molecular complexity index is 522. The van der Waals surface area contributed by atoms with Crippen LogP contribution in [0.15, 0.2) is 4.99 Å². The highest BCUT2D eigenvalue weighted by Gasteiger charge is 2.37. The van der Waals surface area contributed by atoms with Crippen molar-refractivity contribution in [3.05, 3.63) is 0 Å². The predicted octanol–water partition coefficient (Wildman–Crippen LogP) is -3.08. The number of carbonyl (C=O) groups is 3. The van der Waals surface area contributed by atoms with Gasteiger partial charge < -0.3 is 37.6 Å². The molecule has 1 rings (SSSR count). The highest BCUT2D eigenvalue weighted by atomic mass is 16.4. The Kier molecular flexibility index (Phi) is 8.08. The zero-order valence-electron chi connectivity index (χ0n) is 13.9. The van der Waals surface area contributed by atoms with Crippen LogP contribution in [0.5, 0.6) is 0 Å². The van der Waals surface area contributed by atoms with E-state index in [0.717, 1.165) is 0 Å². The fourth-order valence-electron chi connectivity index (χ4n) is 2.62. The summed E-state index contributed by atoms with van der Waals surface area (Å²) in [4.78, 5) is 40.8. The van der Waals surface area contributed by atoms with Crippen LogP contribution in [-0.2, 0) is 14.4 Å². The lowest BCUT2D eigenvalue weighted by Gasteiger charge is -2.27. The van der Waals surface area contributed by atoms with Crippen molar-refractivity contribution in [1.82, 2.24) is 10.2 Å². The predicted molar refractivity (Wildman–Crippen MR) is 89.3 cm³/mol. The van der Waals surface area contributed by atoms with Crippen LogP contribution in [0.1, 0.15) is 25.7 Å². The molecule has 1 fully saturated rings. The number of amides is 2. The minimum absolute atomic E-state index is 0.0868. The van der Waals surface area contributed by atoms with E-state index in [9.17, 15) is 19.5 Å². The van der Waals surface area contributed by atoms with Gasteiger partial charge in [-0.3, -0.25) is 14.6 Å². The number of aliphatic carboxylic acids is 1. The molecule has 0 bridgehead atoms. The molecule has 3 atom stereocenters. The molecule has 1 aliphatic heterocycles. The Balaban J connectivity index is 2.64. The largest absolute Gasteiger partial charge is 0.480 e. The van der Waals surface area contributed by atoms with E-state index in [1.54, 1.807) is 0 Å². The van der Waals surface area contributed by atoms with Gasteiger partial charge in [-0.05, 0) is 25.7 Å². The Hall–Kier alpha value is -2.40. The van der Waals surface area contributed by atoms with E-state index in [4.69, 9.17) is 22.3 Å². The smallest absolute Gasteiger partial charge is 0.326 e. The van der Waals surface area contributed by atoms with E-state index in [1.807, 2.05) is 0 Å². The third-order valence-electron chi connectivity index (χ3n) is 3.91. The molecule has 0 aromatic rings. The molecule has 1 heterocycles. The Labute approximate surface area is 145 Å². The van der Waals surface area contributed by atoms with Crippen LogP contribution in [0.3, 0.4) is 0 Å². The number of carboxylic acid groups (broad SMARTS) is 1. The maximum Gasteiger partial charge on any atom is 0.326 e. The molecule has 2 amide bonds. The van der Waals surface area contributed by atoms with Crippen molar-refractivity contribution in [3.8, 4) is 0 Å². The minimum Gasteiger partial charge on any atom is -0.480 e. The molecule has 0 saturated carbocycles. The molecular formula is C14H26N6O5. The van der Waals surface area contributed by atoms with Crippen molar-refractivity contribution in [2.45, 2.75) is 43.8 Å². The summed E-state index contributed by atoms with van der Waals surface area (Å²) < 4.78 is 0. The second kappa shape index (κ2) is 9.79. The summed E-state index contributed by atoms with van der Waals surface area (Å²) in [6.45, 7) is 0.0699. The van der Waals surface area contributed by atoms with Gasteiger partial charge in [-0.1, -0.05) is 0 Å². The fourth-order valence-corrected chi connectivity index (χ4v) is 2.62. The van der Waals surface area contributed by atoms with Gasteiger partial charge in [-0.2, -0.15) is 0 Å². The summed E-state index contributed by atoms with van der Waals surface area (Å²) >= 11 is 0. The number of aliphatic hydroxyl groups is 1. The van der Waals surface area contributed by atoms with Gasteiger partial charge in [0.2, 0.25) is 11.8 Å². The van der Waals surface area contributed by atoms with Gasteiger partial charge in [0.05, 0.1) is 6.61 Å². The molecule has 11 nitrogen and oxygen atoms in total. The average Bonchev–Trinajstić information content (AvgIpc) is 3.05. The number of carbonyl (C=O) groups excluding carboxylic acids is 2. The number of aliphatic imine (C=N–C) groups is 1. The molecule has 3 unspecified atom stereocenters. The fraction of sp³-hybridized carbons (Fsp3) is 0.714. The van der Waals surface area contributed by atoms with Gasteiger partial charge >= 0.3 is 5.97 Å². The van der Waals surface area contributed by atoms with Gasteiger partial charge in [0.25, 0.3) is 0 Å². The zero-order valence-corrected chi connectivity index (χ0v) is 13.9. The highest BCUT2D eigenvalue weighted by Crippen LogP contribution is 2.18. The van der Waals surface area contributed by atoms with E-state index in [-0.39, 0.29) is 18.9 Å². The monoisotopic (exact) mass is 358 g/mol. The number of hydrogen-bond donors (Lipinski definition) is 6. The lowest BCUT2D eigenvalue weighted by molar-refractivity contribution is -0.144. The summed E-state index contributed by atoms with van der Waals surface area (Å²) in [7, 11) is 0. The summed E-state index contributed by atoms with van der Waals surface area (Å²) in [6, 6.07) is -2.99. The summed E-state index contributed by atoms with van der Waals surface area (Å²) in [5.74, 6) is -2.35. The maximum atomic E-state index is 12.4. The molecular weight excluding hydrogens is 332 g/mol. The Morgan fingerprint density at radius 3 is 2.56 bits per heavy atom. The number of guanidine groups is 1. The topological polar surface area (TPSA) is 197 Å². The summed E-state index contributed by atoms with van der Waals surface area (Å²) in [5.41, 5.74) is 15.9. The number of hydrogen-bond acceptors (Lipinski definition) is 6. The van der Waals surface area contributed by atoms with Crippen molar-refractivity contribution >= 4 is 23.7 Å². The van der Waals surface area contributed by atoms with Gasteiger partial charge in [0.1, 0.15) is 18.1 Å². The summed E-state index contributed by atoms with van der Waals surface area (Å²) in [5, 5.41) is 20.7. The second-order valence-electron chi connectivity index (χ2n) is 5.83. The van der Waals surface area contributed by atoms with Crippen LogP contribution < -0.4 is 22.5 Å². The lowest BCUT2D eigenvalue weighted by atomic mass is 10.1. The molecule has 0 radical (unpaired) electrons. The first-order valence-corrected chi connectivity index (χ1v) is 8.03. The van der Waals surface area contributed by atoms with Gasteiger partial charge in [0.15, 0.2) is 5.96 Å². The van der Waals surface area contributed by atoms with Crippen molar-refractivity contribution in [1.29, 1.82) is 0 Å². The number of rotatable bonds is 9. The average molecular weight is 358 g/mol. The van der Waals surface area contributed by atoms with E-state index in [0.29, 0.717) is 25.8 Å². The number of nitrogens with two attached hydrogens (primary N) is 3. The first kappa shape index (κ1) is 20.6. The molecule has 0 aliphatic carbocycles. The number of nitrogens with zero attached hydrogens (tertiary/aromatic N) is 2. The van der Waals surface area contributed by atoms with Gasteiger partial charge in [-0.25, -0.2) is 4.79 Å². The number of likely N-dealkylation sites (tertiary alicyclic amines) is 1. The van der Waals surface area contributed by atoms with Crippen LogP contribution in [0.2, 0.25) is 0 Å². The van der Waals surface area contributed by atoms with Crippen LogP contribution in [0, 0.1) is 0 Å². The van der Waals surface area contributed by atoms with Crippen molar-refractivity contribution < 1.29 is 24.6 Å². The number of nitrogens with one attached hydrogen (secondary N) is 1. The van der Waals surface area contributed by atoms with Crippen LogP contribution >= 0.6 is 0 Å². The van der Waals surface area contributed by atoms with Crippen LogP contribution in [0.25, 0.3) is 0 Å². The molecule has 142 valence electrons. The normalized spacial score (nSPS) is 19.1. The third kappa shape index (κ3) is 6.19. The molecule has 9 N–H and O–H groups in total. The van der Waals surface area contributed by atoms with Crippen LogP contribution in [0.4, 0.5) is 0 Å². The molecule has 1 aliphatic rings. The van der Waals surface area contributed by atoms with Gasteiger partial charge in [0, 0.05) is 13.1 Å². The molecule has 0 spiro atoms. The van der Waals surface area contributed by atoms with E-state index >= 15 is 0 Å². The van der Waals surface area contributed by atoms with Crippen LogP contribution in [-0.4, -0.2) is 76.7 Å². The molecule has 11 heteroatoms. The van der Waals surface area contributed by atoms with Crippen molar-refractivity contribution in [2.75, 3.05) is 19.7 Å². The van der Waals surface area contributed by atoms with Crippen molar-refractivity contribution in [3.63, 3.8) is 0 Å². The minimum atomic E-state index is -1.18. The first-order valence-electron chi connectivity index (χ1n) is 8.03. The molecule has 25 heavy (non-hydrogen) atoms. The quantitative estimate of drug-likeness (QED) is 0.142. The molecule has 1 saturated heterocycles.